The topological polar surface area (TPSA) is 12.0 Å². The second-order valence-electron chi connectivity index (χ2n) is 4.93. The highest BCUT2D eigenvalue weighted by atomic mass is 14.9. The van der Waals surface area contributed by atoms with E-state index in [4.69, 9.17) is 0 Å². The Bertz CT molecular complexity index is 315. The van der Waals surface area contributed by atoms with Crippen molar-refractivity contribution in [3.05, 3.63) is 35.9 Å². The summed E-state index contributed by atoms with van der Waals surface area (Å²) in [6.07, 6.45) is 4.07. The first-order chi connectivity index (χ1) is 7.83. The molecule has 0 bridgehead atoms. The zero-order valence-corrected chi connectivity index (χ0v) is 10.5. The van der Waals surface area contributed by atoms with Gasteiger partial charge in [0.05, 0.1) is 0 Å². The lowest BCUT2D eigenvalue weighted by Crippen LogP contribution is -2.39. The molecule has 0 heterocycles. The molecule has 0 saturated heterocycles. The Kier molecular flexibility index (Phi) is 3.65. The van der Waals surface area contributed by atoms with Crippen LogP contribution in [0.15, 0.2) is 30.3 Å². The number of hydrogen-bond donors (Lipinski definition) is 1. The van der Waals surface area contributed by atoms with E-state index in [2.05, 4.69) is 49.5 Å². The molecule has 1 aliphatic rings. The molecular formula is C15H23N. The van der Waals surface area contributed by atoms with E-state index in [0.29, 0.717) is 5.41 Å². The number of benzene rings is 1. The lowest BCUT2D eigenvalue weighted by atomic mass is 9.73. The third kappa shape index (κ3) is 2.15. The molecule has 1 nitrogen and oxygen atoms in total. The van der Waals surface area contributed by atoms with Crippen LogP contribution in [0.3, 0.4) is 0 Å². The van der Waals surface area contributed by atoms with Crippen molar-refractivity contribution in [2.75, 3.05) is 13.1 Å². The van der Waals surface area contributed by atoms with Crippen LogP contribution < -0.4 is 5.32 Å². The van der Waals surface area contributed by atoms with Gasteiger partial charge in [-0.3, -0.25) is 0 Å². The third-order valence-electron chi connectivity index (χ3n) is 4.03. The fourth-order valence-corrected chi connectivity index (χ4v) is 2.85. The maximum Gasteiger partial charge on any atom is 0.0103 e. The van der Waals surface area contributed by atoms with Crippen LogP contribution in [0.2, 0.25) is 0 Å². The van der Waals surface area contributed by atoms with Crippen LogP contribution in [0.4, 0.5) is 0 Å². The van der Waals surface area contributed by atoms with Crippen molar-refractivity contribution in [2.45, 2.75) is 38.5 Å². The van der Waals surface area contributed by atoms with Gasteiger partial charge in [0.25, 0.3) is 0 Å². The molecule has 1 aromatic rings. The lowest BCUT2D eigenvalue weighted by Gasteiger charge is -2.34. The zero-order chi connectivity index (χ0) is 11.4. The summed E-state index contributed by atoms with van der Waals surface area (Å²) in [7, 11) is 0. The Balaban J connectivity index is 2.25. The van der Waals surface area contributed by atoms with Crippen molar-refractivity contribution < 1.29 is 0 Å². The highest BCUT2D eigenvalue weighted by Gasteiger charge is 2.44. The van der Waals surface area contributed by atoms with Gasteiger partial charge in [-0.25, -0.2) is 0 Å². The predicted molar refractivity (Wildman–Crippen MR) is 69.7 cm³/mol. The summed E-state index contributed by atoms with van der Waals surface area (Å²) < 4.78 is 0. The lowest BCUT2D eigenvalue weighted by molar-refractivity contribution is 0.337. The molecule has 2 rings (SSSR count). The first-order valence-electron chi connectivity index (χ1n) is 6.59. The number of hydrogen-bond acceptors (Lipinski definition) is 1. The molecule has 0 aliphatic heterocycles. The van der Waals surface area contributed by atoms with Gasteiger partial charge in [0, 0.05) is 12.0 Å². The summed E-state index contributed by atoms with van der Waals surface area (Å²) in [5.41, 5.74) is 1.91. The fourth-order valence-electron chi connectivity index (χ4n) is 2.85. The largest absolute Gasteiger partial charge is 0.316 e. The quantitative estimate of drug-likeness (QED) is 0.770. The van der Waals surface area contributed by atoms with Crippen LogP contribution >= 0.6 is 0 Å². The third-order valence-corrected chi connectivity index (χ3v) is 4.03. The van der Waals surface area contributed by atoms with E-state index in [0.717, 1.165) is 19.0 Å². The predicted octanol–water partition coefficient (Wildman–Crippen LogP) is 3.35. The molecule has 1 unspecified atom stereocenters. The minimum absolute atomic E-state index is 0.386. The summed E-state index contributed by atoms with van der Waals surface area (Å²) >= 11 is 0. The zero-order valence-electron chi connectivity index (χ0n) is 10.5. The van der Waals surface area contributed by atoms with Gasteiger partial charge in [-0.1, -0.05) is 44.2 Å². The number of rotatable bonds is 6. The maximum absolute atomic E-state index is 3.56. The van der Waals surface area contributed by atoms with Crippen molar-refractivity contribution in [3.63, 3.8) is 0 Å². The van der Waals surface area contributed by atoms with E-state index < -0.39 is 0 Å². The van der Waals surface area contributed by atoms with Gasteiger partial charge in [0.15, 0.2) is 0 Å². The maximum atomic E-state index is 3.56. The molecule has 1 N–H and O–H groups in total. The molecule has 0 aromatic heterocycles. The van der Waals surface area contributed by atoms with Crippen LogP contribution in [0.5, 0.6) is 0 Å². The summed E-state index contributed by atoms with van der Waals surface area (Å²) in [4.78, 5) is 0. The van der Waals surface area contributed by atoms with Gasteiger partial charge in [-0.2, -0.15) is 0 Å². The number of nitrogens with one attached hydrogen (secondary N) is 1. The Morgan fingerprint density at radius 1 is 1.19 bits per heavy atom. The van der Waals surface area contributed by atoms with E-state index in [9.17, 15) is 0 Å². The molecule has 1 saturated carbocycles. The van der Waals surface area contributed by atoms with Crippen LogP contribution in [0.25, 0.3) is 0 Å². The van der Waals surface area contributed by atoms with E-state index in [1.807, 2.05) is 0 Å². The van der Waals surface area contributed by atoms with Gasteiger partial charge in [0.2, 0.25) is 0 Å². The van der Waals surface area contributed by atoms with E-state index in [1.54, 1.807) is 0 Å². The normalized spacial score (nSPS) is 19.4. The van der Waals surface area contributed by atoms with Crippen molar-refractivity contribution in [1.29, 1.82) is 0 Å². The molecule has 1 heteroatoms. The van der Waals surface area contributed by atoms with Gasteiger partial charge in [0.1, 0.15) is 0 Å². The first kappa shape index (κ1) is 11.7. The molecule has 1 aromatic carbocycles. The summed E-state index contributed by atoms with van der Waals surface area (Å²) in [5.74, 6) is 0.902. The summed E-state index contributed by atoms with van der Waals surface area (Å²) in [6.45, 7) is 6.73. The summed E-state index contributed by atoms with van der Waals surface area (Å²) in [6, 6.07) is 11.1. The molecule has 1 atom stereocenters. The van der Waals surface area contributed by atoms with Crippen LogP contribution in [0, 0.1) is 5.92 Å². The smallest absolute Gasteiger partial charge is 0.0103 e. The molecule has 0 amide bonds. The Labute approximate surface area is 99.3 Å². The van der Waals surface area contributed by atoms with Crippen molar-refractivity contribution in [1.82, 2.24) is 5.32 Å². The Hall–Kier alpha value is -0.820. The Morgan fingerprint density at radius 2 is 1.88 bits per heavy atom. The molecule has 1 aliphatic carbocycles. The van der Waals surface area contributed by atoms with Crippen LogP contribution in [-0.2, 0) is 5.41 Å². The van der Waals surface area contributed by atoms with E-state index in [-0.39, 0.29) is 0 Å². The first-order valence-corrected chi connectivity index (χ1v) is 6.59. The molecule has 88 valence electrons. The van der Waals surface area contributed by atoms with Gasteiger partial charge in [-0.05, 0) is 37.3 Å². The highest BCUT2D eigenvalue weighted by molar-refractivity contribution is 5.29. The monoisotopic (exact) mass is 217 g/mol. The SMILES string of the molecule is CCNCC(CC)(c1ccccc1)C1CC1. The average molecular weight is 217 g/mol. The second-order valence-corrected chi connectivity index (χ2v) is 4.93. The van der Waals surface area contributed by atoms with Crippen molar-refractivity contribution in [3.8, 4) is 0 Å². The standard InChI is InChI=1S/C15H23N/c1-3-15(12-16-4-2,14-10-11-14)13-8-6-5-7-9-13/h5-9,14,16H,3-4,10-12H2,1-2H3. The second kappa shape index (κ2) is 5.01. The highest BCUT2D eigenvalue weighted by Crippen LogP contribution is 2.49. The molecule has 16 heavy (non-hydrogen) atoms. The van der Waals surface area contributed by atoms with E-state index in [1.165, 1.54) is 24.8 Å². The van der Waals surface area contributed by atoms with Gasteiger partial charge < -0.3 is 5.32 Å². The number of likely N-dealkylation sites (N-methyl/N-ethyl adjacent to an activating group) is 1. The van der Waals surface area contributed by atoms with Gasteiger partial charge >= 0.3 is 0 Å². The van der Waals surface area contributed by atoms with Crippen LogP contribution in [-0.4, -0.2) is 13.1 Å². The van der Waals surface area contributed by atoms with Gasteiger partial charge in [-0.15, -0.1) is 0 Å². The van der Waals surface area contributed by atoms with E-state index >= 15 is 0 Å². The average Bonchev–Trinajstić information content (AvgIpc) is 3.17. The summed E-state index contributed by atoms with van der Waals surface area (Å²) in [5, 5.41) is 3.56. The minimum Gasteiger partial charge on any atom is -0.316 e. The molecule has 0 radical (unpaired) electrons. The van der Waals surface area contributed by atoms with Crippen molar-refractivity contribution in [2.24, 2.45) is 5.92 Å². The van der Waals surface area contributed by atoms with Crippen molar-refractivity contribution >= 4 is 0 Å². The Morgan fingerprint density at radius 3 is 2.38 bits per heavy atom. The van der Waals surface area contributed by atoms with Crippen LogP contribution in [0.1, 0.15) is 38.7 Å². The molecule has 0 spiro atoms. The minimum atomic E-state index is 0.386. The fraction of sp³-hybridized carbons (Fsp3) is 0.600. The molecular weight excluding hydrogens is 194 g/mol. The molecule has 1 fully saturated rings.